The first-order chi connectivity index (χ1) is 13.0. The van der Waals surface area contributed by atoms with Gasteiger partial charge in [0.2, 0.25) is 6.79 Å². The van der Waals surface area contributed by atoms with Crippen molar-refractivity contribution >= 4 is 29.3 Å². The zero-order chi connectivity index (χ0) is 19.0. The lowest BCUT2D eigenvalue weighted by Crippen LogP contribution is -2.10. The molecule has 0 saturated carbocycles. The Labute approximate surface area is 164 Å². The summed E-state index contributed by atoms with van der Waals surface area (Å²) in [5, 5.41) is 9.23. The highest BCUT2D eigenvalue weighted by Gasteiger charge is 2.24. The molecule has 0 aliphatic carbocycles. The summed E-state index contributed by atoms with van der Waals surface area (Å²) in [4.78, 5) is 15.7. The molecule has 1 atom stereocenters. The Morgan fingerprint density at radius 2 is 2.00 bits per heavy atom. The number of thioether (sulfide) groups is 1. The molecule has 1 N–H and O–H groups in total. The number of halogens is 1. The minimum absolute atomic E-state index is 0.173. The van der Waals surface area contributed by atoms with Crippen LogP contribution in [0.3, 0.4) is 0 Å². The van der Waals surface area contributed by atoms with Crippen LogP contribution in [-0.4, -0.2) is 28.1 Å². The number of hydrogen-bond acceptors (Lipinski definition) is 6. The highest BCUT2D eigenvalue weighted by atomic mass is 35.5. The Morgan fingerprint density at radius 1 is 1.22 bits per heavy atom. The fourth-order valence-electron chi connectivity index (χ4n) is 2.62. The number of aliphatic carboxylic acids is 1. The molecule has 1 aliphatic heterocycles. The van der Waals surface area contributed by atoms with E-state index in [1.165, 1.54) is 0 Å². The van der Waals surface area contributed by atoms with Crippen LogP contribution in [0.15, 0.2) is 52.1 Å². The Bertz CT molecular complexity index is 1020. The van der Waals surface area contributed by atoms with Gasteiger partial charge in [-0.3, -0.25) is 4.79 Å². The zero-order valence-corrected chi connectivity index (χ0v) is 15.7. The predicted octanol–water partition coefficient (Wildman–Crippen LogP) is 4.96. The van der Waals surface area contributed by atoms with E-state index in [0.717, 1.165) is 17.3 Å². The summed E-state index contributed by atoms with van der Waals surface area (Å²) in [6, 6.07) is 12.7. The van der Waals surface area contributed by atoms with E-state index in [9.17, 15) is 4.79 Å². The van der Waals surface area contributed by atoms with Crippen molar-refractivity contribution in [1.82, 2.24) is 4.98 Å². The molecule has 4 rings (SSSR count). The number of aromatic nitrogens is 1. The number of carboxylic acids is 1. The van der Waals surface area contributed by atoms with E-state index >= 15 is 0 Å². The van der Waals surface area contributed by atoms with Gasteiger partial charge in [0, 0.05) is 11.1 Å². The fourth-order valence-corrected chi connectivity index (χ4v) is 3.52. The van der Waals surface area contributed by atoms with Crippen LogP contribution >= 0.6 is 23.4 Å². The first-order valence-corrected chi connectivity index (χ1v) is 9.34. The van der Waals surface area contributed by atoms with Gasteiger partial charge in [-0.15, -0.1) is 0 Å². The van der Waals surface area contributed by atoms with Gasteiger partial charge in [0.1, 0.15) is 10.9 Å². The molecular weight excluding hydrogens is 390 g/mol. The third-order valence-electron chi connectivity index (χ3n) is 4.00. The van der Waals surface area contributed by atoms with Crippen molar-refractivity contribution in [3.8, 4) is 34.1 Å². The molecule has 0 radical (unpaired) electrons. The molecule has 8 heteroatoms. The fraction of sp³-hybridized carbons (Fsp3) is 0.158. The maximum atomic E-state index is 11.2. The van der Waals surface area contributed by atoms with Crippen LogP contribution in [0.5, 0.6) is 11.5 Å². The predicted molar refractivity (Wildman–Crippen MR) is 101 cm³/mol. The van der Waals surface area contributed by atoms with E-state index in [1.807, 2.05) is 30.3 Å². The van der Waals surface area contributed by atoms with Gasteiger partial charge < -0.3 is 19.0 Å². The Hall–Kier alpha value is -2.64. The van der Waals surface area contributed by atoms with Crippen molar-refractivity contribution in [2.24, 2.45) is 0 Å². The lowest BCUT2D eigenvalue weighted by atomic mass is 10.1. The molecule has 6 nitrogen and oxygen atoms in total. The van der Waals surface area contributed by atoms with E-state index in [-0.39, 0.29) is 12.0 Å². The minimum atomic E-state index is -0.942. The van der Waals surface area contributed by atoms with Gasteiger partial charge in [-0.2, -0.15) is 0 Å². The number of hydrogen-bond donors (Lipinski definition) is 1. The first-order valence-electron chi connectivity index (χ1n) is 8.08. The third kappa shape index (κ3) is 3.48. The molecule has 0 fully saturated rings. The molecule has 3 aromatic rings. The quantitative estimate of drug-likeness (QED) is 0.603. The molecule has 2 heterocycles. The molecule has 138 valence electrons. The summed E-state index contributed by atoms with van der Waals surface area (Å²) in [6.45, 7) is 1.75. The van der Waals surface area contributed by atoms with Crippen LogP contribution in [0.1, 0.15) is 6.92 Å². The number of oxazole rings is 1. The van der Waals surface area contributed by atoms with Crippen molar-refractivity contribution < 1.29 is 23.8 Å². The van der Waals surface area contributed by atoms with Gasteiger partial charge in [-0.05, 0) is 37.3 Å². The molecule has 0 bridgehead atoms. The number of benzene rings is 2. The molecule has 27 heavy (non-hydrogen) atoms. The Kier molecular flexibility index (Phi) is 4.72. The molecule has 1 unspecified atom stereocenters. The van der Waals surface area contributed by atoms with Crippen LogP contribution in [0.2, 0.25) is 5.02 Å². The van der Waals surface area contributed by atoms with Crippen LogP contribution < -0.4 is 9.47 Å². The topological polar surface area (TPSA) is 81.8 Å². The average Bonchev–Trinajstić information content (AvgIpc) is 3.28. The van der Waals surface area contributed by atoms with Gasteiger partial charge >= 0.3 is 5.97 Å². The second-order valence-electron chi connectivity index (χ2n) is 5.80. The number of rotatable bonds is 5. The van der Waals surface area contributed by atoms with E-state index in [0.29, 0.717) is 33.5 Å². The maximum Gasteiger partial charge on any atom is 0.316 e. The molecule has 0 spiro atoms. The SMILES string of the molecule is CC(Sc1nc(-c2ccc3c(c2)OCO3)c(-c2ccccc2Cl)o1)C(=O)O. The second kappa shape index (κ2) is 7.17. The number of carbonyl (C=O) groups is 1. The summed E-state index contributed by atoms with van der Waals surface area (Å²) in [7, 11) is 0. The average molecular weight is 404 g/mol. The van der Waals surface area contributed by atoms with Gasteiger partial charge in [0.25, 0.3) is 5.22 Å². The largest absolute Gasteiger partial charge is 0.480 e. The van der Waals surface area contributed by atoms with E-state index in [2.05, 4.69) is 4.98 Å². The van der Waals surface area contributed by atoms with Gasteiger partial charge in [-0.25, -0.2) is 4.98 Å². The Balaban J connectivity index is 1.82. The van der Waals surface area contributed by atoms with Crippen LogP contribution in [0, 0.1) is 0 Å². The van der Waals surface area contributed by atoms with Gasteiger partial charge in [0.05, 0.1) is 5.02 Å². The smallest absolute Gasteiger partial charge is 0.316 e. The summed E-state index contributed by atoms with van der Waals surface area (Å²) in [5.41, 5.74) is 1.99. The summed E-state index contributed by atoms with van der Waals surface area (Å²) in [5.74, 6) is 0.811. The lowest BCUT2D eigenvalue weighted by Gasteiger charge is -2.04. The minimum Gasteiger partial charge on any atom is -0.480 e. The van der Waals surface area contributed by atoms with E-state index in [4.69, 9.17) is 30.6 Å². The van der Waals surface area contributed by atoms with Crippen molar-refractivity contribution in [3.63, 3.8) is 0 Å². The zero-order valence-electron chi connectivity index (χ0n) is 14.1. The summed E-state index contributed by atoms with van der Waals surface area (Å²) >= 11 is 7.38. The van der Waals surface area contributed by atoms with E-state index in [1.54, 1.807) is 19.1 Å². The molecular formula is C19H14ClNO5S. The number of fused-ring (bicyclic) bond motifs is 1. The summed E-state index contributed by atoms with van der Waals surface area (Å²) < 4.78 is 16.7. The first kappa shape index (κ1) is 17.8. The lowest BCUT2D eigenvalue weighted by molar-refractivity contribution is -0.136. The van der Waals surface area contributed by atoms with Crippen molar-refractivity contribution in [2.75, 3.05) is 6.79 Å². The van der Waals surface area contributed by atoms with Crippen molar-refractivity contribution in [2.45, 2.75) is 17.4 Å². The second-order valence-corrected chi connectivity index (χ2v) is 7.50. The van der Waals surface area contributed by atoms with Crippen molar-refractivity contribution in [3.05, 3.63) is 47.5 Å². The van der Waals surface area contributed by atoms with Crippen LogP contribution in [0.25, 0.3) is 22.6 Å². The van der Waals surface area contributed by atoms with Gasteiger partial charge in [-0.1, -0.05) is 35.5 Å². The third-order valence-corrected chi connectivity index (χ3v) is 5.26. The number of nitrogens with zero attached hydrogens (tertiary/aromatic N) is 1. The highest BCUT2D eigenvalue weighted by molar-refractivity contribution is 8.00. The molecule has 1 aromatic heterocycles. The monoisotopic (exact) mass is 403 g/mol. The summed E-state index contributed by atoms with van der Waals surface area (Å²) in [6.07, 6.45) is 0. The van der Waals surface area contributed by atoms with E-state index < -0.39 is 11.2 Å². The normalized spacial score (nSPS) is 13.6. The number of carboxylic acid groups (broad SMARTS) is 1. The number of ether oxygens (including phenoxy) is 2. The maximum absolute atomic E-state index is 11.2. The molecule has 2 aromatic carbocycles. The molecule has 0 amide bonds. The van der Waals surface area contributed by atoms with Crippen LogP contribution in [0.4, 0.5) is 0 Å². The standard InChI is InChI=1S/C19H14ClNO5S/c1-10(18(22)23)27-19-21-16(11-6-7-14-15(8-11)25-9-24-14)17(26-19)12-4-2-3-5-13(12)20/h2-8,10H,9H2,1H3,(H,22,23). The molecule has 1 aliphatic rings. The highest BCUT2D eigenvalue weighted by Crippen LogP contribution is 2.42. The molecule has 0 saturated heterocycles. The van der Waals surface area contributed by atoms with Crippen LogP contribution in [-0.2, 0) is 4.79 Å². The van der Waals surface area contributed by atoms with Crippen molar-refractivity contribution in [1.29, 1.82) is 0 Å². The Morgan fingerprint density at radius 3 is 2.78 bits per heavy atom. The van der Waals surface area contributed by atoms with Gasteiger partial charge in [0.15, 0.2) is 17.3 Å².